The van der Waals surface area contributed by atoms with Crippen LogP contribution in [-0.2, 0) is 10.0 Å². The van der Waals surface area contributed by atoms with Crippen molar-refractivity contribution in [1.82, 2.24) is 44.7 Å². The van der Waals surface area contributed by atoms with Crippen molar-refractivity contribution in [1.29, 1.82) is 0 Å². The molecule has 0 spiro atoms. The van der Waals surface area contributed by atoms with E-state index < -0.39 is 15.8 Å². The molecule has 0 radical (unpaired) electrons. The molecule has 4 heterocycles. The van der Waals surface area contributed by atoms with E-state index >= 15 is 0 Å². The summed E-state index contributed by atoms with van der Waals surface area (Å²) in [7, 11) is -3.85. The Hall–Kier alpha value is -3.78. The van der Waals surface area contributed by atoms with Gasteiger partial charge < -0.3 is 4.90 Å². The first kappa shape index (κ1) is 22.0. The van der Waals surface area contributed by atoms with Gasteiger partial charge in [0.15, 0.2) is 5.82 Å². The number of aromatic amines is 1. The first-order valence-corrected chi connectivity index (χ1v) is 11.9. The van der Waals surface area contributed by atoms with E-state index in [2.05, 4.69) is 35.7 Å². The third-order valence-electron chi connectivity index (χ3n) is 5.59. The molecule has 1 saturated heterocycles. The van der Waals surface area contributed by atoms with Crippen LogP contribution in [0.3, 0.4) is 0 Å². The molecule has 4 aromatic rings. The van der Waals surface area contributed by atoms with Gasteiger partial charge in [-0.15, -0.1) is 10.2 Å². The lowest BCUT2D eigenvalue weighted by Gasteiger charge is -2.34. The molecule has 14 heteroatoms. The van der Waals surface area contributed by atoms with E-state index in [1.54, 1.807) is 4.68 Å². The van der Waals surface area contributed by atoms with Crippen LogP contribution in [0.5, 0.6) is 0 Å². The van der Waals surface area contributed by atoms with Crippen LogP contribution in [0, 0.1) is 19.7 Å². The largest absolute Gasteiger partial charge is 0.354 e. The molecule has 5 rings (SSSR count). The van der Waals surface area contributed by atoms with Gasteiger partial charge in [-0.1, -0.05) is 0 Å². The fourth-order valence-corrected chi connectivity index (χ4v) is 5.35. The van der Waals surface area contributed by atoms with Gasteiger partial charge in [-0.25, -0.2) is 27.5 Å². The predicted octanol–water partition coefficient (Wildman–Crippen LogP) is 1.11. The number of halogens is 1. The molecule has 0 amide bonds. The Morgan fingerprint density at radius 2 is 1.76 bits per heavy atom. The summed E-state index contributed by atoms with van der Waals surface area (Å²) < 4.78 is 43.8. The zero-order chi connectivity index (χ0) is 23.9. The van der Waals surface area contributed by atoms with Crippen LogP contribution >= 0.6 is 0 Å². The molecule has 3 aromatic heterocycles. The van der Waals surface area contributed by atoms with Gasteiger partial charge in [0.25, 0.3) is 0 Å². The maximum atomic E-state index is 14.2. The lowest BCUT2D eigenvalue weighted by atomic mass is 10.2. The van der Waals surface area contributed by atoms with E-state index in [4.69, 9.17) is 0 Å². The second kappa shape index (κ2) is 8.53. The minimum absolute atomic E-state index is 0.0125. The minimum Gasteiger partial charge on any atom is -0.354 e. The Balaban J connectivity index is 1.33. The number of nitrogens with zero attached hydrogens (tertiary/aromatic N) is 9. The molecule has 1 aromatic carbocycles. The number of H-pyrrole nitrogens is 1. The molecule has 0 saturated carbocycles. The Morgan fingerprint density at radius 3 is 2.44 bits per heavy atom. The summed E-state index contributed by atoms with van der Waals surface area (Å²) in [6, 6.07) is 7.36. The van der Waals surface area contributed by atoms with Crippen molar-refractivity contribution >= 4 is 15.8 Å². The van der Waals surface area contributed by atoms with E-state index in [1.165, 1.54) is 22.8 Å². The highest BCUT2D eigenvalue weighted by atomic mass is 32.2. The SMILES string of the molecule is Cc1cc(C)n(-c2cc(N3CCN(S(=O)(=O)c4ccc(F)c(-c5nn[nH]n5)c4)CC3)ncn2)n1. The van der Waals surface area contributed by atoms with Crippen LogP contribution in [-0.4, -0.2) is 79.3 Å². The van der Waals surface area contributed by atoms with Crippen molar-refractivity contribution in [3.63, 3.8) is 0 Å². The quantitative estimate of drug-likeness (QED) is 0.441. The Kier molecular flexibility index (Phi) is 5.53. The number of hydrogen-bond donors (Lipinski definition) is 1. The Morgan fingerprint density at radius 1 is 1.00 bits per heavy atom. The van der Waals surface area contributed by atoms with Crippen LogP contribution in [0.25, 0.3) is 17.2 Å². The number of anilines is 1. The van der Waals surface area contributed by atoms with Crippen LogP contribution in [0.2, 0.25) is 0 Å². The first-order valence-electron chi connectivity index (χ1n) is 10.5. The summed E-state index contributed by atoms with van der Waals surface area (Å²) >= 11 is 0. The van der Waals surface area contributed by atoms with Gasteiger partial charge in [-0.05, 0) is 43.3 Å². The number of benzene rings is 1. The lowest BCUT2D eigenvalue weighted by molar-refractivity contribution is 0.383. The van der Waals surface area contributed by atoms with E-state index in [1.807, 2.05) is 30.9 Å². The van der Waals surface area contributed by atoms with Crippen molar-refractivity contribution in [2.75, 3.05) is 31.1 Å². The smallest absolute Gasteiger partial charge is 0.243 e. The van der Waals surface area contributed by atoms with Gasteiger partial charge >= 0.3 is 0 Å². The van der Waals surface area contributed by atoms with Crippen molar-refractivity contribution in [3.8, 4) is 17.2 Å². The molecule has 1 fully saturated rings. The minimum atomic E-state index is -3.85. The van der Waals surface area contributed by atoms with Crippen molar-refractivity contribution in [3.05, 3.63) is 53.9 Å². The first-order chi connectivity index (χ1) is 16.3. The van der Waals surface area contributed by atoms with Crippen molar-refractivity contribution < 1.29 is 12.8 Å². The second-order valence-electron chi connectivity index (χ2n) is 7.84. The summed E-state index contributed by atoms with van der Waals surface area (Å²) in [5.74, 6) is 0.690. The summed E-state index contributed by atoms with van der Waals surface area (Å²) in [6.07, 6.45) is 1.47. The highest BCUT2D eigenvalue weighted by Crippen LogP contribution is 2.26. The highest BCUT2D eigenvalue weighted by molar-refractivity contribution is 7.89. The summed E-state index contributed by atoms with van der Waals surface area (Å²) in [4.78, 5) is 10.6. The molecule has 0 bridgehead atoms. The lowest BCUT2D eigenvalue weighted by Crippen LogP contribution is -2.49. The Labute approximate surface area is 194 Å². The average molecular weight is 485 g/mol. The maximum Gasteiger partial charge on any atom is 0.243 e. The monoisotopic (exact) mass is 484 g/mol. The standard InChI is InChI=1S/C20H21FN10O2S/c1-13-9-14(2)31(26-13)19-11-18(22-12-23-19)29-5-7-30(8-6-29)34(32,33)15-3-4-17(21)16(10-15)20-24-27-28-25-20/h3-4,9-12H,5-8H2,1-2H3,(H,24,25,27,28). The molecule has 1 aliphatic rings. The van der Waals surface area contributed by atoms with E-state index in [0.717, 1.165) is 17.5 Å². The van der Waals surface area contributed by atoms with Gasteiger partial charge in [-0.2, -0.15) is 14.6 Å². The van der Waals surface area contributed by atoms with Gasteiger partial charge in [-0.3, -0.25) is 0 Å². The zero-order valence-corrected chi connectivity index (χ0v) is 19.2. The number of hydrogen-bond acceptors (Lipinski definition) is 9. The summed E-state index contributed by atoms with van der Waals surface area (Å²) in [5.41, 5.74) is 1.81. The maximum absolute atomic E-state index is 14.2. The Bertz CT molecular complexity index is 1430. The number of tetrazole rings is 1. The fraction of sp³-hybridized carbons (Fsp3) is 0.300. The molecule has 34 heavy (non-hydrogen) atoms. The molecule has 12 nitrogen and oxygen atoms in total. The van der Waals surface area contributed by atoms with Gasteiger partial charge in [0.2, 0.25) is 15.8 Å². The third-order valence-corrected chi connectivity index (χ3v) is 7.48. The van der Waals surface area contributed by atoms with E-state index in [0.29, 0.717) is 24.7 Å². The third kappa shape index (κ3) is 4.01. The normalized spacial score (nSPS) is 15.1. The van der Waals surface area contributed by atoms with Gasteiger partial charge in [0.1, 0.15) is 18.0 Å². The molecular weight excluding hydrogens is 463 g/mol. The van der Waals surface area contributed by atoms with Gasteiger partial charge in [0.05, 0.1) is 16.2 Å². The highest BCUT2D eigenvalue weighted by Gasteiger charge is 2.30. The number of nitrogens with one attached hydrogen (secondary N) is 1. The predicted molar refractivity (Wildman–Crippen MR) is 119 cm³/mol. The molecule has 0 unspecified atom stereocenters. The summed E-state index contributed by atoms with van der Waals surface area (Å²) in [5, 5.41) is 17.6. The number of piperazine rings is 1. The number of aromatic nitrogens is 8. The van der Waals surface area contributed by atoms with Crippen LogP contribution in [0.4, 0.5) is 10.2 Å². The molecule has 0 aliphatic carbocycles. The van der Waals surface area contributed by atoms with Crippen molar-refractivity contribution in [2.45, 2.75) is 18.7 Å². The van der Waals surface area contributed by atoms with Crippen molar-refractivity contribution in [2.24, 2.45) is 0 Å². The number of sulfonamides is 1. The molecule has 1 aliphatic heterocycles. The van der Waals surface area contributed by atoms with Crippen LogP contribution in [0.1, 0.15) is 11.4 Å². The second-order valence-corrected chi connectivity index (χ2v) is 9.78. The van der Waals surface area contributed by atoms with E-state index in [-0.39, 0.29) is 29.4 Å². The molecular formula is C20H21FN10O2S. The molecule has 1 N–H and O–H groups in total. The average Bonchev–Trinajstić information content (AvgIpc) is 3.49. The summed E-state index contributed by atoms with van der Waals surface area (Å²) in [6.45, 7) is 5.23. The molecule has 0 atom stereocenters. The topological polar surface area (TPSA) is 139 Å². The van der Waals surface area contributed by atoms with Gasteiger partial charge in [0, 0.05) is 37.9 Å². The van der Waals surface area contributed by atoms with E-state index in [9.17, 15) is 12.8 Å². The van der Waals surface area contributed by atoms with Crippen LogP contribution in [0.15, 0.2) is 41.6 Å². The van der Waals surface area contributed by atoms with Crippen LogP contribution < -0.4 is 4.90 Å². The zero-order valence-electron chi connectivity index (χ0n) is 18.4. The number of rotatable bonds is 5. The molecule has 176 valence electrons. The number of aryl methyl sites for hydroxylation is 2. The fourth-order valence-electron chi connectivity index (χ4n) is 3.91.